The van der Waals surface area contributed by atoms with E-state index < -0.39 is 0 Å². The van der Waals surface area contributed by atoms with Crippen LogP contribution < -0.4 is 10.6 Å². The Morgan fingerprint density at radius 2 is 2.22 bits per heavy atom. The zero-order valence-corrected chi connectivity index (χ0v) is 11.1. The first-order chi connectivity index (χ1) is 8.88. The first-order valence-electron chi connectivity index (χ1n) is 6.95. The van der Waals surface area contributed by atoms with Crippen LogP contribution in [-0.4, -0.2) is 18.5 Å². The molecule has 4 heteroatoms. The van der Waals surface area contributed by atoms with Gasteiger partial charge in [0.2, 0.25) is 0 Å². The van der Waals surface area contributed by atoms with Crippen LogP contribution in [0, 0.1) is 0 Å². The molecule has 4 nitrogen and oxygen atoms in total. The van der Waals surface area contributed by atoms with Gasteiger partial charge in [0.05, 0.1) is 6.26 Å². The molecule has 0 radical (unpaired) electrons. The number of hydrogen-bond donors (Lipinski definition) is 2. The summed E-state index contributed by atoms with van der Waals surface area (Å²) in [6, 6.07) is 4.42. The van der Waals surface area contributed by atoms with Gasteiger partial charge in [-0.25, -0.2) is 4.99 Å². The van der Waals surface area contributed by atoms with E-state index >= 15 is 0 Å². The highest BCUT2D eigenvalue weighted by molar-refractivity contribution is 5.80. The number of aliphatic imine (C=N–C) groups is 1. The Morgan fingerprint density at radius 3 is 2.89 bits per heavy atom. The monoisotopic (exact) mass is 249 g/mol. The number of rotatable bonds is 4. The number of furan rings is 1. The summed E-state index contributed by atoms with van der Waals surface area (Å²) >= 11 is 0. The molecule has 2 N–H and O–H groups in total. The van der Waals surface area contributed by atoms with Crippen molar-refractivity contribution in [2.45, 2.75) is 51.6 Å². The second kappa shape index (κ2) is 7.09. The van der Waals surface area contributed by atoms with Crippen molar-refractivity contribution in [1.29, 1.82) is 0 Å². The summed E-state index contributed by atoms with van der Waals surface area (Å²) in [5, 5.41) is 6.81. The maximum Gasteiger partial charge on any atom is 0.191 e. The zero-order chi connectivity index (χ0) is 12.6. The fraction of sp³-hybridized carbons (Fsp3) is 0.643. The average Bonchev–Trinajstić information content (AvgIpc) is 2.91. The van der Waals surface area contributed by atoms with Gasteiger partial charge in [0.25, 0.3) is 0 Å². The molecule has 1 heterocycles. The Kier molecular flexibility index (Phi) is 5.12. The first kappa shape index (κ1) is 13.0. The Bertz CT molecular complexity index is 353. The normalized spacial score (nSPS) is 17.7. The first-order valence-corrected chi connectivity index (χ1v) is 6.95. The molecule has 1 fully saturated rings. The molecule has 1 saturated carbocycles. The summed E-state index contributed by atoms with van der Waals surface area (Å²) in [5.74, 6) is 1.80. The minimum Gasteiger partial charge on any atom is -0.467 e. The lowest BCUT2D eigenvalue weighted by atomic mass is 9.96. The van der Waals surface area contributed by atoms with E-state index in [2.05, 4.69) is 22.5 Å². The molecular weight excluding hydrogens is 226 g/mol. The van der Waals surface area contributed by atoms with E-state index in [0.717, 1.165) is 18.3 Å². The van der Waals surface area contributed by atoms with Gasteiger partial charge in [-0.05, 0) is 31.9 Å². The summed E-state index contributed by atoms with van der Waals surface area (Å²) in [6.45, 7) is 3.57. The van der Waals surface area contributed by atoms with Crippen LogP contribution in [0.2, 0.25) is 0 Å². The lowest BCUT2D eigenvalue weighted by Gasteiger charge is -2.24. The van der Waals surface area contributed by atoms with Crippen LogP contribution in [0.3, 0.4) is 0 Å². The second-order valence-corrected chi connectivity index (χ2v) is 4.75. The number of guanidine groups is 1. The third-order valence-electron chi connectivity index (χ3n) is 3.26. The predicted octanol–water partition coefficient (Wildman–Crippen LogP) is 2.67. The molecule has 2 rings (SSSR count). The number of hydrogen-bond acceptors (Lipinski definition) is 2. The average molecular weight is 249 g/mol. The molecule has 0 aromatic carbocycles. The zero-order valence-electron chi connectivity index (χ0n) is 11.1. The Hall–Kier alpha value is -1.45. The molecule has 1 aliphatic carbocycles. The highest BCUT2D eigenvalue weighted by Crippen LogP contribution is 2.17. The van der Waals surface area contributed by atoms with Crippen molar-refractivity contribution < 1.29 is 4.42 Å². The van der Waals surface area contributed by atoms with Gasteiger partial charge in [-0.3, -0.25) is 0 Å². The third kappa shape index (κ3) is 4.09. The van der Waals surface area contributed by atoms with E-state index in [1.807, 2.05) is 12.1 Å². The van der Waals surface area contributed by atoms with E-state index in [0.29, 0.717) is 12.6 Å². The van der Waals surface area contributed by atoms with Crippen LogP contribution in [0.25, 0.3) is 0 Å². The molecule has 0 unspecified atom stereocenters. The molecule has 0 saturated heterocycles. The Morgan fingerprint density at radius 1 is 1.39 bits per heavy atom. The quantitative estimate of drug-likeness (QED) is 0.637. The second-order valence-electron chi connectivity index (χ2n) is 4.75. The minimum absolute atomic E-state index is 0.577. The predicted molar refractivity (Wildman–Crippen MR) is 73.5 cm³/mol. The van der Waals surface area contributed by atoms with Crippen molar-refractivity contribution in [3.8, 4) is 0 Å². The Balaban J connectivity index is 1.87. The molecule has 18 heavy (non-hydrogen) atoms. The van der Waals surface area contributed by atoms with E-state index in [1.165, 1.54) is 32.1 Å². The smallest absolute Gasteiger partial charge is 0.191 e. The van der Waals surface area contributed by atoms with Gasteiger partial charge >= 0.3 is 0 Å². The van der Waals surface area contributed by atoms with Gasteiger partial charge in [-0.2, -0.15) is 0 Å². The molecule has 0 amide bonds. The highest BCUT2D eigenvalue weighted by atomic mass is 16.3. The molecule has 0 atom stereocenters. The number of nitrogens with one attached hydrogen (secondary N) is 2. The third-order valence-corrected chi connectivity index (χ3v) is 3.26. The maximum atomic E-state index is 5.29. The van der Waals surface area contributed by atoms with E-state index in [4.69, 9.17) is 4.42 Å². The van der Waals surface area contributed by atoms with Gasteiger partial charge in [0.15, 0.2) is 5.96 Å². The van der Waals surface area contributed by atoms with Crippen LogP contribution in [0.1, 0.15) is 44.8 Å². The molecule has 0 aliphatic heterocycles. The van der Waals surface area contributed by atoms with Crippen LogP contribution >= 0.6 is 0 Å². The van der Waals surface area contributed by atoms with Gasteiger partial charge in [0.1, 0.15) is 12.3 Å². The van der Waals surface area contributed by atoms with Crippen molar-refractivity contribution in [1.82, 2.24) is 10.6 Å². The van der Waals surface area contributed by atoms with Crippen molar-refractivity contribution in [3.63, 3.8) is 0 Å². The van der Waals surface area contributed by atoms with E-state index in [-0.39, 0.29) is 0 Å². The lowest BCUT2D eigenvalue weighted by Crippen LogP contribution is -2.44. The van der Waals surface area contributed by atoms with Crippen LogP contribution in [0.15, 0.2) is 27.8 Å². The largest absolute Gasteiger partial charge is 0.467 e. The van der Waals surface area contributed by atoms with Gasteiger partial charge in [-0.1, -0.05) is 19.3 Å². The van der Waals surface area contributed by atoms with Gasteiger partial charge in [0, 0.05) is 12.6 Å². The van der Waals surface area contributed by atoms with Crippen LogP contribution in [0.4, 0.5) is 0 Å². The molecule has 1 aliphatic rings. The molecule has 1 aromatic heterocycles. The molecule has 1 aromatic rings. The lowest BCUT2D eigenvalue weighted by molar-refractivity contribution is 0.409. The molecule has 100 valence electrons. The SMILES string of the molecule is CCNC(=NCc1ccco1)NC1CCCCC1. The molecular formula is C14H23N3O. The fourth-order valence-electron chi connectivity index (χ4n) is 2.32. The topological polar surface area (TPSA) is 49.6 Å². The van der Waals surface area contributed by atoms with Crippen LogP contribution in [0.5, 0.6) is 0 Å². The number of nitrogens with zero attached hydrogens (tertiary/aromatic N) is 1. The van der Waals surface area contributed by atoms with Crippen molar-refractivity contribution in [3.05, 3.63) is 24.2 Å². The molecule has 0 bridgehead atoms. The fourth-order valence-corrected chi connectivity index (χ4v) is 2.32. The molecule has 0 spiro atoms. The van der Waals surface area contributed by atoms with Gasteiger partial charge in [-0.15, -0.1) is 0 Å². The summed E-state index contributed by atoms with van der Waals surface area (Å²) in [6.07, 6.45) is 8.23. The van der Waals surface area contributed by atoms with Crippen LogP contribution in [-0.2, 0) is 6.54 Å². The Labute approximate surface area is 109 Å². The standard InChI is InChI=1S/C14H23N3O/c1-2-15-14(16-11-13-9-6-10-18-13)17-12-7-4-3-5-8-12/h6,9-10,12H,2-5,7-8,11H2,1H3,(H2,15,16,17). The maximum absolute atomic E-state index is 5.29. The minimum atomic E-state index is 0.577. The summed E-state index contributed by atoms with van der Waals surface area (Å²) in [4.78, 5) is 4.55. The summed E-state index contributed by atoms with van der Waals surface area (Å²) in [5.41, 5.74) is 0. The summed E-state index contributed by atoms with van der Waals surface area (Å²) < 4.78 is 5.29. The van der Waals surface area contributed by atoms with E-state index in [1.54, 1.807) is 6.26 Å². The van der Waals surface area contributed by atoms with Crippen molar-refractivity contribution in [2.24, 2.45) is 4.99 Å². The van der Waals surface area contributed by atoms with Crippen molar-refractivity contribution >= 4 is 5.96 Å². The van der Waals surface area contributed by atoms with Gasteiger partial charge < -0.3 is 15.1 Å². The van der Waals surface area contributed by atoms with E-state index in [9.17, 15) is 0 Å². The highest BCUT2D eigenvalue weighted by Gasteiger charge is 2.14. The van der Waals surface area contributed by atoms with Crippen molar-refractivity contribution in [2.75, 3.05) is 6.54 Å². The summed E-state index contributed by atoms with van der Waals surface area (Å²) in [7, 11) is 0.